The lowest BCUT2D eigenvalue weighted by atomic mass is 10.1. The van der Waals surface area contributed by atoms with Crippen molar-refractivity contribution in [1.29, 1.82) is 0 Å². The molecule has 0 aliphatic heterocycles. The Labute approximate surface area is 168 Å². The van der Waals surface area contributed by atoms with Gasteiger partial charge in [-0.2, -0.15) is 13.2 Å². The lowest BCUT2D eigenvalue weighted by Crippen LogP contribution is -2.30. The van der Waals surface area contributed by atoms with Gasteiger partial charge in [0.2, 0.25) is 0 Å². The molecule has 1 aromatic carbocycles. The molecule has 1 heterocycles. The van der Waals surface area contributed by atoms with Gasteiger partial charge in [-0.25, -0.2) is 0 Å². The summed E-state index contributed by atoms with van der Waals surface area (Å²) in [4.78, 5) is 15.3. The second-order valence-corrected chi connectivity index (χ2v) is 7.65. The fraction of sp³-hybridized carbons (Fsp3) is 0.318. The number of carbonyl (C=O) groups is 1. The number of allylic oxidation sites excluding steroid dienone is 2. The maximum atomic E-state index is 13.1. The Kier molecular flexibility index (Phi) is 7.24. The van der Waals surface area contributed by atoms with E-state index in [1.165, 1.54) is 17.4 Å². The van der Waals surface area contributed by atoms with E-state index >= 15 is 0 Å². The number of hydrogen-bond donors (Lipinski definition) is 0. The number of rotatable bonds is 7. The molecule has 0 spiro atoms. The molecule has 0 fully saturated rings. The van der Waals surface area contributed by atoms with Gasteiger partial charge >= 0.3 is 6.18 Å². The first-order valence-corrected chi connectivity index (χ1v) is 9.85. The predicted octanol–water partition coefficient (Wildman–Crippen LogP) is 6.77. The molecular formula is C22H24F3NOS. The van der Waals surface area contributed by atoms with Crippen molar-refractivity contribution in [3.63, 3.8) is 0 Å². The average molecular weight is 408 g/mol. The molecule has 28 heavy (non-hydrogen) atoms. The highest BCUT2D eigenvalue weighted by Crippen LogP contribution is 2.27. The predicted molar refractivity (Wildman–Crippen MR) is 109 cm³/mol. The number of alkyl halides is 3. The topological polar surface area (TPSA) is 20.3 Å². The smallest absolute Gasteiger partial charge is 0.308 e. The molecule has 150 valence electrons. The summed E-state index contributed by atoms with van der Waals surface area (Å²) in [5, 5.41) is 1.85. The molecule has 6 heteroatoms. The van der Waals surface area contributed by atoms with Crippen LogP contribution in [0.5, 0.6) is 0 Å². The van der Waals surface area contributed by atoms with Gasteiger partial charge in [-0.1, -0.05) is 42.5 Å². The molecule has 1 aromatic heterocycles. The number of thiophene rings is 1. The Morgan fingerprint density at radius 3 is 2.36 bits per heavy atom. The van der Waals surface area contributed by atoms with Crippen LogP contribution < -0.4 is 0 Å². The first kappa shape index (κ1) is 22.0. The highest BCUT2D eigenvalue weighted by Gasteiger charge is 2.29. The van der Waals surface area contributed by atoms with Crippen molar-refractivity contribution < 1.29 is 18.0 Å². The van der Waals surface area contributed by atoms with Crippen LogP contribution in [0.2, 0.25) is 0 Å². The fourth-order valence-corrected chi connectivity index (χ4v) is 3.53. The van der Waals surface area contributed by atoms with Gasteiger partial charge in [0.15, 0.2) is 0 Å². The second-order valence-electron chi connectivity index (χ2n) is 6.73. The number of nitrogens with zero attached hydrogens (tertiary/aromatic N) is 1. The van der Waals surface area contributed by atoms with Crippen molar-refractivity contribution >= 4 is 22.9 Å². The molecular weight excluding hydrogens is 383 g/mol. The van der Waals surface area contributed by atoms with E-state index in [0.717, 1.165) is 23.6 Å². The molecule has 0 radical (unpaired) electrons. The highest BCUT2D eigenvalue weighted by molar-refractivity contribution is 7.12. The minimum atomic E-state index is -4.31. The third-order valence-corrected chi connectivity index (χ3v) is 5.50. The quantitative estimate of drug-likeness (QED) is 0.366. The minimum absolute atomic E-state index is 0.172. The molecule has 0 aliphatic carbocycles. The van der Waals surface area contributed by atoms with Crippen molar-refractivity contribution in [2.45, 2.75) is 39.8 Å². The molecule has 2 nitrogen and oxygen atoms in total. The van der Waals surface area contributed by atoms with E-state index in [-0.39, 0.29) is 12.3 Å². The third-order valence-electron chi connectivity index (χ3n) is 4.50. The highest BCUT2D eigenvalue weighted by atomic mass is 32.1. The van der Waals surface area contributed by atoms with Crippen LogP contribution in [0, 0.1) is 13.8 Å². The molecule has 0 saturated heterocycles. The molecule has 0 aliphatic rings. The lowest BCUT2D eigenvalue weighted by Gasteiger charge is -2.25. The van der Waals surface area contributed by atoms with Crippen LogP contribution in [0.3, 0.4) is 0 Å². The van der Waals surface area contributed by atoms with Crippen molar-refractivity contribution in [3.8, 4) is 0 Å². The summed E-state index contributed by atoms with van der Waals surface area (Å²) < 4.78 is 37.9. The van der Waals surface area contributed by atoms with Crippen LogP contribution in [0.1, 0.15) is 46.1 Å². The van der Waals surface area contributed by atoms with Gasteiger partial charge in [-0.05, 0) is 56.2 Å². The first-order valence-electron chi connectivity index (χ1n) is 8.97. The van der Waals surface area contributed by atoms with Crippen molar-refractivity contribution in [2.24, 2.45) is 0 Å². The standard InChI is InChI=1S/C22H24F3NOS/c1-15-8-10-19(11-9-15)18(4)26(21(27)20-16(2)12-14-28-20)13-6-5-7-17(3)22(23,24)25/h7-12,14H,4-6,13H2,1-3H3/b17-7+. The Hall–Kier alpha value is -2.34. The van der Waals surface area contributed by atoms with E-state index in [4.69, 9.17) is 0 Å². The van der Waals surface area contributed by atoms with Gasteiger partial charge in [0, 0.05) is 17.8 Å². The Morgan fingerprint density at radius 2 is 1.82 bits per heavy atom. The normalized spacial score (nSPS) is 12.1. The summed E-state index contributed by atoms with van der Waals surface area (Å²) in [6.45, 7) is 9.28. The van der Waals surface area contributed by atoms with Crippen molar-refractivity contribution in [2.75, 3.05) is 6.54 Å². The Balaban J connectivity index is 2.19. The minimum Gasteiger partial charge on any atom is -0.308 e. The van der Waals surface area contributed by atoms with Gasteiger partial charge < -0.3 is 4.90 Å². The number of amides is 1. The van der Waals surface area contributed by atoms with E-state index in [1.54, 1.807) is 4.90 Å². The largest absolute Gasteiger partial charge is 0.412 e. The van der Waals surface area contributed by atoms with Crippen LogP contribution in [-0.4, -0.2) is 23.5 Å². The summed E-state index contributed by atoms with van der Waals surface area (Å²) in [6.07, 6.45) is -2.49. The van der Waals surface area contributed by atoms with E-state index in [9.17, 15) is 18.0 Å². The van der Waals surface area contributed by atoms with Gasteiger partial charge in [0.05, 0.1) is 4.88 Å². The average Bonchev–Trinajstić information content (AvgIpc) is 3.06. The Bertz CT molecular complexity index is 863. The molecule has 2 rings (SSSR count). The zero-order valence-electron chi connectivity index (χ0n) is 16.3. The van der Waals surface area contributed by atoms with Gasteiger partial charge in [0.25, 0.3) is 5.91 Å². The maximum Gasteiger partial charge on any atom is 0.412 e. The number of benzene rings is 1. The van der Waals surface area contributed by atoms with Crippen LogP contribution in [-0.2, 0) is 0 Å². The summed E-state index contributed by atoms with van der Waals surface area (Å²) >= 11 is 1.36. The zero-order chi connectivity index (χ0) is 20.9. The van der Waals surface area contributed by atoms with Gasteiger partial charge in [-0.3, -0.25) is 4.79 Å². The second kappa shape index (κ2) is 9.24. The number of hydrogen-bond acceptors (Lipinski definition) is 2. The third kappa shape index (κ3) is 5.58. The monoisotopic (exact) mass is 407 g/mol. The summed E-state index contributed by atoms with van der Waals surface area (Å²) in [5.74, 6) is -0.172. The van der Waals surface area contributed by atoms with E-state index in [0.29, 0.717) is 23.5 Å². The van der Waals surface area contributed by atoms with Crippen LogP contribution in [0.25, 0.3) is 5.70 Å². The molecule has 0 N–H and O–H groups in total. The van der Waals surface area contributed by atoms with E-state index < -0.39 is 11.7 Å². The molecule has 1 amide bonds. The Morgan fingerprint density at radius 1 is 1.18 bits per heavy atom. The summed E-state index contributed by atoms with van der Waals surface area (Å²) in [7, 11) is 0. The molecule has 0 bridgehead atoms. The number of aryl methyl sites for hydroxylation is 2. The van der Waals surface area contributed by atoms with Crippen molar-refractivity contribution in [1.82, 2.24) is 4.90 Å². The molecule has 2 aromatic rings. The molecule has 0 atom stereocenters. The van der Waals surface area contributed by atoms with Crippen LogP contribution in [0.4, 0.5) is 13.2 Å². The number of halogens is 3. The fourth-order valence-electron chi connectivity index (χ4n) is 2.66. The van der Waals surface area contributed by atoms with Crippen LogP contribution in [0.15, 0.2) is 53.9 Å². The number of carbonyl (C=O) groups excluding carboxylic acids is 1. The summed E-state index contributed by atoms with van der Waals surface area (Å²) in [6, 6.07) is 9.55. The van der Waals surface area contributed by atoms with E-state index in [1.807, 2.05) is 49.6 Å². The van der Waals surface area contributed by atoms with Gasteiger partial charge in [-0.15, -0.1) is 11.3 Å². The lowest BCUT2D eigenvalue weighted by molar-refractivity contribution is -0.0915. The maximum absolute atomic E-state index is 13.1. The molecule has 0 saturated carbocycles. The SMILES string of the molecule is C=C(c1ccc(C)cc1)N(CCC/C=C(\C)C(F)(F)F)C(=O)c1sccc1C. The molecule has 0 unspecified atom stereocenters. The van der Waals surface area contributed by atoms with Crippen LogP contribution >= 0.6 is 11.3 Å². The summed E-state index contributed by atoms with van der Waals surface area (Å²) in [5.41, 5.74) is 2.72. The van der Waals surface area contributed by atoms with Crippen molar-refractivity contribution in [3.05, 3.63) is 75.5 Å². The van der Waals surface area contributed by atoms with E-state index in [2.05, 4.69) is 6.58 Å². The number of unbranched alkanes of at least 4 members (excludes halogenated alkanes) is 1. The zero-order valence-corrected chi connectivity index (χ0v) is 17.1. The van der Waals surface area contributed by atoms with Gasteiger partial charge in [0.1, 0.15) is 0 Å². The first-order chi connectivity index (χ1) is 13.1.